The summed E-state index contributed by atoms with van der Waals surface area (Å²) in [6.45, 7) is 2.19. The van der Waals surface area contributed by atoms with Gasteiger partial charge in [0.15, 0.2) is 0 Å². The lowest BCUT2D eigenvalue weighted by molar-refractivity contribution is 0.581. The Labute approximate surface area is 166 Å². The van der Waals surface area contributed by atoms with Gasteiger partial charge < -0.3 is 0 Å². The number of rotatable bonds is 8. The maximum absolute atomic E-state index is 12.5. The molecule has 25 heavy (non-hydrogen) atoms. The van der Waals surface area contributed by atoms with E-state index < -0.39 is 10.0 Å². The van der Waals surface area contributed by atoms with Gasteiger partial charge in [-0.15, -0.1) is 0 Å². The van der Waals surface area contributed by atoms with Crippen LogP contribution in [0.15, 0.2) is 64.0 Å². The van der Waals surface area contributed by atoms with E-state index >= 15 is 0 Å². The third-order valence-corrected chi connectivity index (χ3v) is 6.36. The summed E-state index contributed by atoms with van der Waals surface area (Å²) in [5.74, 6) is 0. The van der Waals surface area contributed by atoms with Crippen LogP contribution in [0.4, 0.5) is 0 Å². The molecule has 0 aliphatic heterocycles. The minimum Gasteiger partial charge on any atom is -0.207 e. The fourth-order valence-electron chi connectivity index (χ4n) is 2.42. The van der Waals surface area contributed by atoms with Crippen LogP contribution in [-0.4, -0.2) is 13.7 Å². The van der Waals surface area contributed by atoms with Crippen LogP contribution in [0.25, 0.3) is 0 Å². The van der Waals surface area contributed by atoms with Gasteiger partial charge in [-0.2, -0.15) is 0 Å². The Bertz CT molecular complexity index is 831. The number of allylic oxidation sites excluding steroid dienone is 2. The predicted molar refractivity (Wildman–Crippen MR) is 111 cm³/mol. The number of benzene rings is 2. The van der Waals surface area contributed by atoms with Crippen LogP contribution in [-0.2, 0) is 23.0 Å². The first kappa shape index (κ1) is 20.4. The van der Waals surface area contributed by atoms with Gasteiger partial charge in [0.25, 0.3) is 0 Å². The summed E-state index contributed by atoms with van der Waals surface area (Å²) in [5, 5.41) is 0.842. The van der Waals surface area contributed by atoms with Crippen molar-refractivity contribution in [2.45, 2.75) is 31.2 Å². The molecule has 0 aromatic heterocycles. The molecule has 0 unspecified atom stereocenters. The maximum atomic E-state index is 12.5. The number of halogens is 2. The van der Waals surface area contributed by atoms with E-state index in [4.69, 9.17) is 0 Å². The highest BCUT2D eigenvalue weighted by molar-refractivity contribution is 9.10. The summed E-state index contributed by atoms with van der Waals surface area (Å²) in [4.78, 5) is 0.284. The quantitative estimate of drug-likeness (QED) is 0.415. The Morgan fingerprint density at radius 2 is 1.80 bits per heavy atom. The lowest BCUT2D eigenvalue weighted by Gasteiger charge is -2.13. The van der Waals surface area contributed by atoms with E-state index in [9.17, 15) is 8.42 Å². The zero-order chi connectivity index (χ0) is 18.3. The van der Waals surface area contributed by atoms with Crippen molar-refractivity contribution < 1.29 is 8.42 Å². The van der Waals surface area contributed by atoms with Crippen molar-refractivity contribution in [3.63, 3.8) is 0 Å². The topological polar surface area (TPSA) is 46.2 Å². The molecule has 2 aromatic rings. The molecular formula is C19H21Br2NO2S. The highest BCUT2D eigenvalue weighted by atomic mass is 79.9. The predicted octanol–water partition coefficient (Wildman–Crippen LogP) is 5.12. The first-order valence-corrected chi connectivity index (χ1v) is 11.4. The number of nitrogens with one attached hydrogen (secondary N) is 1. The smallest absolute Gasteiger partial charge is 0.207 e. The van der Waals surface area contributed by atoms with Gasteiger partial charge in [-0.05, 0) is 49.1 Å². The summed E-state index contributed by atoms with van der Waals surface area (Å²) < 4.78 is 28.6. The molecule has 0 saturated carbocycles. The average Bonchev–Trinajstić information content (AvgIpc) is 2.58. The van der Waals surface area contributed by atoms with E-state index in [-0.39, 0.29) is 11.4 Å². The molecule has 2 rings (SSSR count). The molecule has 0 atom stereocenters. The Balaban J connectivity index is 2.14. The fraction of sp³-hybridized carbons (Fsp3) is 0.263. The summed E-state index contributed by atoms with van der Waals surface area (Å²) >= 11 is 6.91. The van der Waals surface area contributed by atoms with Crippen molar-refractivity contribution >= 4 is 41.9 Å². The van der Waals surface area contributed by atoms with Crippen molar-refractivity contribution in [2.75, 3.05) is 5.33 Å². The van der Waals surface area contributed by atoms with Gasteiger partial charge in [0.1, 0.15) is 0 Å². The Kier molecular flexibility index (Phi) is 7.87. The van der Waals surface area contributed by atoms with Crippen LogP contribution < -0.4 is 4.72 Å². The molecule has 1 N–H and O–H groups in total. The second-order valence-electron chi connectivity index (χ2n) is 5.68. The van der Waals surface area contributed by atoms with E-state index in [1.165, 1.54) is 0 Å². The van der Waals surface area contributed by atoms with E-state index in [2.05, 4.69) is 48.7 Å². The van der Waals surface area contributed by atoms with E-state index in [1.54, 1.807) is 24.3 Å². The standard InChI is InChI=1S/C19H21Br2NO2S/c1-15-9-11-17(12-10-15)25(23,24)22-14-18-16(6-3-2-4-13-20)7-5-8-19(18)21/h2,4-5,7-12,22H,3,6,13-14H2,1H3/b4-2+. The average molecular weight is 487 g/mol. The molecule has 0 fully saturated rings. The van der Waals surface area contributed by atoms with Crippen LogP contribution in [0.1, 0.15) is 23.1 Å². The molecule has 2 aromatic carbocycles. The first-order chi connectivity index (χ1) is 11.9. The highest BCUT2D eigenvalue weighted by Gasteiger charge is 2.15. The van der Waals surface area contributed by atoms with Crippen LogP contribution >= 0.6 is 31.9 Å². The molecule has 0 aliphatic rings. The van der Waals surface area contributed by atoms with Crippen molar-refractivity contribution in [1.82, 2.24) is 4.72 Å². The monoisotopic (exact) mass is 485 g/mol. The number of hydrogen-bond acceptors (Lipinski definition) is 2. The lowest BCUT2D eigenvalue weighted by Crippen LogP contribution is -2.24. The van der Waals surface area contributed by atoms with Crippen molar-refractivity contribution in [2.24, 2.45) is 0 Å². The van der Waals surface area contributed by atoms with Crippen molar-refractivity contribution in [3.05, 3.63) is 75.8 Å². The number of sulfonamides is 1. The molecule has 134 valence electrons. The van der Waals surface area contributed by atoms with Crippen LogP contribution in [0, 0.1) is 6.92 Å². The van der Waals surface area contributed by atoms with E-state index in [1.807, 2.05) is 25.1 Å². The normalized spacial score (nSPS) is 12.0. The second kappa shape index (κ2) is 9.67. The summed E-state index contributed by atoms with van der Waals surface area (Å²) in [6.07, 6.45) is 5.97. The molecule has 0 aliphatic carbocycles. The number of alkyl halides is 1. The Morgan fingerprint density at radius 1 is 1.08 bits per heavy atom. The third kappa shape index (κ3) is 6.06. The Hall–Kier alpha value is -0.950. The van der Waals surface area contributed by atoms with Gasteiger partial charge in [0.05, 0.1) is 4.90 Å². The molecule has 0 radical (unpaired) electrons. The molecule has 6 heteroatoms. The van der Waals surface area contributed by atoms with Gasteiger partial charge in [-0.25, -0.2) is 13.1 Å². The largest absolute Gasteiger partial charge is 0.240 e. The van der Waals surface area contributed by atoms with Crippen LogP contribution in [0.2, 0.25) is 0 Å². The van der Waals surface area contributed by atoms with Crippen molar-refractivity contribution in [3.8, 4) is 0 Å². The minimum atomic E-state index is -3.53. The van der Waals surface area contributed by atoms with Gasteiger partial charge in [-0.1, -0.05) is 73.8 Å². The molecule has 3 nitrogen and oxygen atoms in total. The van der Waals surface area contributed by atoms with Crippen LogP contribution in [0.3, 0.4) is 0 Å². The summed E-state index contributed by atoms with van der Waals surface area (Å²) in [6, 6.07) is 12.8. The maximum Gasteiger partial charge on any atom is 0.240 e. The molecule has 0 amide bonds. The van der Waals surface area contributed by atoms with Gasteiger partial charge in [0, 0.05) is 16.3 Å². The molecular weight excluding hydrogens is 466 g/mol. The zero-order valence-electron chi connectivity index (χ0n) is 14.0. The molecule has 0 spiro atoms. The summed E-state index contributed by atoms with van der Waals surface area (Å²) in [5.41, 5.74) is 3.15. The number of aryl methyl sites for hydroxylation is 2. The van der Waals surface area contributed by atoms with Gasteiger partial charge >= 0.3 is 0 Å². The van der Waals surface area contributed by atoms with E-state index in [0.717, 1.165) is 39.3 Å². The lowest BCUT2D eigenvalue weighted by atomic mass is 10.0. The van der Waals surface area contributed by atoms with Gasteiger partial charge in [0.2, 0.25) is 10.0 Å². The summed E-state index contributed by atoms with van der Waals surface area (Å²) in [7, 11) is -3.53. The molecule has 0 heterocycles. The molecule has 0 bridgehead atoms. The van der Waals surface area contributed by atoms with Crippen LogP contribution in [0.5, 0.6) is 0 Å². The van der Waals surface area contributed by atoms with Gasteiger partial charge in [-0.3, -0.25) is 0 Å². The number of hydrogen-bond donors (Lipinski definition) is 1. The van der Waals surface area contributed by atoms with E-state index in [0.29, 0.717) is 0 Å². The second-order valence-corrected chi connectivity index (χ2v) is 8.95. The molecule has 0 saturated heterocycles. The SMILES string of the molecule is Cc1ccc(S(=O)(=O)NCc2c(Br)cccc2CC/C=C/CBr)cc1. The first-order valence-electron chi connectivity index (χ1n) is 7.97. The highest BCUT2D eigenvalue weighted by Crippen LogP contribution is 2.23. The zero-order valence-corrected chi connectivity index (χ0v) is 18.0. The fourth-order valence-corrected chi connectivity index (χ4v) is 4.23. The van der Waals surface area contributed by atoms with Crippen molar-refractivity contribution in [1.29, 1.82) is 0 Å². The Morgan fingerprint density at radius 3 is 2.48 bits per heavy atom. The third-order valence-electron chi connectivity index (χ3n) is 3.82. The minimum absolute atomic E-state index is 0.259.